The van der Waals surface area contributed by atoms with Crippen LogP contribution in [0.5, 0.6) is 5.75 Å². The molecule has 3 aromatic rings. The first-order chi connectivity index (χ1) is 11.2. The predicted octanol–water partition coefficient (Wildman–Crippen LogP) is 3.80. The average Bonchev–Trinajstić information content (AvgIpc) is 2.98. The molecule has 1 heterocycles. The third kappa shape index (κ3) is 3.48. The van der Waals surface area contributed by atoms with Gasteiger partial charge in [0.05, 0.1) is 12.7 Å². The highest BCUT2D eigenvalue weighted by molar-refractivity contribution is 6.31. The Balaban J connectivity index is 1.62. The highest BCUT2D eigenvalue weighted by Crippen LogP contribution is 2.22. The molecular weight excluding hydrogens is 312 g/mol. The van der Waals surface area contributed by atoms with Gasteiger partial charge < -0.3 is 15.0 Å². The van der Waals surface area contributed by atoms with Crippen molar-refractivity contribution < 1.29 is 9.53 Å². The lowest BCUT2D eigenvalue weighted by Crippen LogP contribution is -2.25. The number of aromatic amines is 1. The zero-order chi connectivity index (χ0) is 16.2. The van der Waals surface area contributed by atoms with Crippen molar-refractivity contribution in [1.82, 2.24) is 10.3 Å². The molecule has 0 spiro atoms. The molecule has 3 rings (SSSR count). The van der Waals surface area contributed by atoms with Crippen LogP contribution in [0.2, 0.25) is 5.02 Å². The van der Waals surface area contributed by atoms with E-state index in [-0.39, 0.29) is 5.91 Å². The maximum absolute atomic E-state index is 12.3. The monoisotopic (exact) mass is 328 g/mol. The topological polar surface area (TPSA) is 54.1 Å². The number of rotatable bonds is 5. The number of benzene rings is 2. The smallest absolute Gasteiger partial charge is 0.253 e. The number of ether oxygens (including phenoxy) is 1. The van der Waals surface area contributed by atoms with E-state index < -0.39 is 0 Å². The molecule has 0 aliphatic heterocycles. The number of H-pyrrole nitrogens is 1. The van der Waals surface area contributed by atoms with Gasteiger partial charge in [-0.3, -0.25) is 4.79 Å². The first-order valence-corrected chi connectivity index (χ1v) is 7.73. The van der Waals surface area contributed by atoms with Crippen molar-refractivity contribution >= 4 is 28.4 Å². The Labute approximate surface area is 139 Å². The zero-order valence-corrected chi connectivity index (χ0v) is 13.5. The van der Waals surface area contributed by atoms with E-state index in [0.29, 0.717) is 17.1 Å². The van der Waals surface area contributed by atoms with E-state index in [0.717, 1.165) is 28.6 Å². The molecule has 0 aliphatic carbocycles. The predicted molar refractivity (Wildman–Crippen MR) is 92.3 cm³/mol. The van der Waals surface area contributed by atoms with Gasteiger partial charge >= 0.3 is 0 Å². The van der Waals surface area contributed by atoms with Crippen LogP contribution in [-0.4, -0.2) is 24.5 Å². The fraction of sp³-hybridized carbons (Fsp3) is 0.167. The van der Waals surface area contributed by atoms with Crippen molar-refractivity contribution in [2.75, 3.05) is 13.7 Å². The van der Waals surface area contributed by atoms with Gasteiger partial charge in [0.15, 0.2) is 0 Å². The summed E-state index contributed by atoms with van der Waals surface area (Å²) in [6.45, 7) is 0.575. The lowest BCUT2D eigenvalue weighted by Gasteiger charge is -2.06. The normalized spacial score (nSPS) is 10.7. The van der Waals surface area contributed by atoms with Gasteiger partial charge in [-0.2, -0.15) is 0 Å². The quantitative estimate of drug-likeness (QED) is 0.748. The van der Waals surface area contributed by atoms with Crippen LogP contribution in [0.3, 0.4) is 0 Å². The van der Waals surface area contributed by atoms with Crippen LogP contribution in [-0.2, 0) is 6.42 Å². The molecule has 23 heavy (non-hydrogen) atoms. The number of hydrogen-bond donors (Lipinski definition) is 2. The molecule has 0 atom stereocenters. The minimum Gasteiger partial charge on any atom is -0.497 e. The number of nitrogens with one attached hydrogen (secondary N) is 2. The third-order valence-corrected chi connectivity index (χ3v) is 3.98. The van der Waals surface area contributed by atoms with Crippen LogP contribution in [0, 0.1) is 0 Å². The van der Waals surface area contributed by atoms with Gasteiger partial charge in [0, 0.05) is 28.7 Å². The standard InChI is InChI=1S/C18H17ClN2O2/c1-23-14-5-2-12(3-6-14)8-9-20-18(22)16-11-21-17-10-13(19)4-7-15(16)17/h2-7,10-11,21H,8-9H2,1H3,(H,20,22). The van der Waals surface area contributed by atoms with Crippen LogP contribution in [0.1, 0.15) is 15.9 Å². The molecule has 0 bridgehead atoms. The van der Waals surface area contributed by atoms with E-state index in [1.807, 2.05) is 36.4 Å². The van der Waals surface area contributed by atoms with Crippen molar-refractivity contribution in [1.29, 1.82) is 0 Å². The van der Waals surface area contributed by atoms with Gasteiger partial charge in [0.2, 0.25) is 0 Å². The minimum absolute atomic E-state index is 0.0907. The molecule has 0 fully saturated rings. The Kier molecular flexibility index (Phi) is 4.53. The van der Waals surface area contributed by atoms with Crippen LogP contribution in [0.25, 0.3) is 10.9 Å². The van der Waals surface area contributed by atoms with Crippen molar-refractivity contribution in [3.63, 3.8) is 0 Å². The second kappa shape index (κ2) is 6.75. The van der Waals surface area contributed by atoms with E-state index in [9.17, 15) is 4.79 Å². The SMILES string of the molecule is COc1ccc(CCNC(=O)c2c[nH]c3cc(Cl)ccc23)cc1. The van der Waals surface area contributed by atoms with Gasteiger partial charge in [0.1, 0.15) is 5.75 Å². The van der Waals surface area contributed by atoms with Crippen LogP contribution >= 0.6 is 11.6 Å². The second-order valence-corrected chi connectivity index (χ2v) is 5.68. The largest absolute Gasteiger partial charge is 0.497 e. The number of methoxy groups -OCH3 is 1. The summed E-state index contributed by atoms with van der Waals surface area (Å²) in [5.41, 5.74) is 2.64. The number of amides is 1. The number of halogens is 1. The van der Waals surface area contributed by atoms with Gasteiger partial charge in [-0.05, 0) is 36.2 Å². The fourth-order valence-corrected chi connectivity index (χ4v) is 2.67. The molecule has 4 nitrogen and oxygen atoms in total. The Morgan fingerprint density at radius 1 is 1.22 bits per heavy atom. The van der Waals surface area contributed by atoms with Gasteiger partial charge in [0.25, 0.3) is 5.91 Å². The number of hydrogen-bond acceptors (Lipinski definition) is 2. The lowest BCUT2D eigenvalue weighted by molar-refractivity contribution is 0.0956. The molecule has 0 saturated heterocycles. The zero-order valence-electron chi connectivity index (χ0n) is 12.7. The van der Waals surface area contributed by atoms with E-state index >= 15 is 0 Å². The molecule has 0 saturated carbocycles. The maximum Gasteiger partial charge on any atom is 0.253 e. The van der Waals surface area contributed by atoms with Crippen molar-refractivity contribution in [3.05, 3.63) is 64.8 Å². The van der Waals surface area contributed by atoms with Gasteiger partial charge in [-0.25, -0.2) is 0 Å². The van der Waals surface area contributed by atoms with Crippen LogP contribution < -0.4 is 10.1 Å². The summed E-state index contributed by atoms with van der Waals surface area (Å²) in [6, 6.07) is 13.3. The number of aromatic nitrogens is 1. The van der Waals surface area contributed by atoms with Gasteiger partial charge in [-0.15, -0.1) is 0 Å². The Morgan fingerprint density at radius 3 is 2.74 bits per heavy atom. The third-order valence-electron chi connectivity index (χ3n) is 3.75. The summed E-state index contributed by atoms with van der Waals surface area (Å²) in [5.74, 6) is 0.738. The molecule has 5 heteroatoms. The first kappa shape index (κ1) is 15.4. The summed E-state index contributed by atoms with van der Waals surface area (Å²) in [5, 5.41) is 4.46. The van der Waals surface area contributed by atoms with Crippen LogP contribution in [0.15, 0.2) is 48.7 Å². The Bertz CT molecular complexity index is 825. The van der Waals surface area contributed by atoms with E-state index in [4.69, 9.17) is 16.3 Å². The van der Waals surface area contributed by atoms with Crippen molar-refractivity contribution in [3.8, 4) is 5.75 Å². The summed E-state index contributed by atoms with van der Waals surface area (Å²) in [6.07, 6.45) is 2.48. The highest BCUT2D eigenvalue weighted by Gasteiger charge is 2.11. The maximum atomic E-state index is 12.3. The highest BCUT2D eigenvalue weighted by atomic mass is 35.5. The molecule has 0 radical (unpaired) electrons. The Hall–Kier alpha value is -2.46. The first-order valence-electron chi connectivity index (χ1n) is 7.35. The Morgan fingerprint density at radius 2 is 2.00 bits per heavy atom. The number of fused-ring (bicyclic) bond motifs is 1. The van der Waals surface area contributed by atoms with Gasteiger partial charge in [-0.1, -0.05) is 29.8 Å². The number of carbonyl (C=O) groups is 1. The molecule has 1 amide bonds. The molecular formula is C18H17ClN2O2. The fourth-order valence-electron chi connectivity index (χ4n) is 2.49. The van der Waals surface area contributed by atoms with E-state index in [2.05, 4.69) is 10.3 Å². The molecule has 0 unspecified atom stereocenters. The summed E-state index contributed by atoms with van der Waals surface area (Å²) < 4.78 is 5.13. The lowest BCUT2D eigenvalue weighted by atomic mass is 10.1. The van der Waals surface area contributed by atoms with Crippen molar-refractivity contribution in [2.24, 2.45) is 0 Å². The summed E-state index contributed by atoms with van der Waals surface area (Å²) >= 11 is 5.95. The number of carbonyl (C=O) groups excluding carboxylic acids is 1. The van der Waals surface area contributed by atoms with E-state index in [1.54, 1.807) is 19.4 Å². The molecule has 1 aromatic heterocycles. The van der Waals surface area contributed by atoms with E-state index in [1.165, 1.54) is 0 Å². The summed E-state index contributed by atoms with van der Waals surface area (Å²) in [4.78, 5) is 15.4. The van der Waals surface area contributed by atoms with Crippen LogP contribution in [0.4, 0.5) is 0 Å². The molecule has 0 aliphatic rings. The summed E-state index contributed by atoms with van der Waals surface area (Å²) in [7, 11) is 1.64. The average molecular weight is 329 g/mol. The molecule has 118 valence electrons. The second-order valence-electron chi connectivity index (χ2n) is 5.25. The molecule has 2 N–H and O–H groups in total. The minimum atomic E-state index is -0.0907. The molecule has 2 aromatic carbocycles. The van der Waals surface area contributed by atoms with Crippen molar-refractivity contribution in [2.45, 2.75) is 6.42 Å².